The standard InChI is InChI=1S/C10H18BN2/c1-3-4-6-11-7-5-10-12-8-9-13(10)2/h8-9H,3-7H2,1-2H3. The summed E-state index contributed by atoms with van der Waals surface area (Å²) in [6.45, 7) is 2.23. The molecule has 0 bridgehead atoms. The van der Waals surface area contributed by atoms with Crippen molar-refractivity contribution in [1.29, 1.82) is 0 Å². The van der Waals surface area contributed by atoms with E-state index in [1.807, 2.05) is 19.4 Å². The topological polar surface area (TPSA) is 17.8 Å². The van der Waals surface area contributed by atoms with E-state index in [0.29, 0.717) is 0 Å². The molecule has 0 saturated heterocycles. The van der Waals surface area contributed by atoms with E-state index in [1.54, 1.807) is 0 Å². The maximum absolute atomic E-state index is 4.28. The summed E-state index contributed by atoms with van der Waals surface area (Å²) in [6, 6.07) is 0. The number of nitrogens with zero attached hydrogens (tertiary/aromatic N) is 2. The van der Waals surface area contributed by atoms with E-state index in [1.165, 1.54) is 25.0 Å². The zero-order valence-corrected chi connectivity index (χ0v) is 8.66. The molecule has 13 heavy (non-hydrogen) atoms. The van der Waals surface area contributed by atoms with E-state index in [0.717, 1.165) is 12.7 Å². The summed E-state index contributed by atoms with van der Waals surface area (Å²) in [6.07, 6.45) is 9.96. The molecule has 0 aromatic carbocycles. The second kappa shape index (κ2) is 5.84. The third-order valence-electron chi connectivity index (χ3n) is 2.25. The van der Waals surface area contributed by atoms with Gasteiger partial charge in [-0.15, -0.1) is 0 Å². The van der Waals surface area contributed by atoms with Gasteiger partial charge in [-0.2, -0.15) is 0 Å². The lowest BCUT2D eigenvalue weighted by Gasteiger charge is -2.00. The number of hydrogen-bond acceptors (Lipinski definition) is 1. The Morgan fingerprint density at radius 1 is 1.46 bits per heavy atom. The molecule has 0 aliphatic rings. The minimum absolute atomic E-state index is 1.08. The van der Waals surface area contributed by atoms with Crippen molar-refractivity contribution in [2.75, 3.05) is 0 Å². The molecular weight excluding hydrogens is 159 g/mol. The lowest BCUT2D eigenvalue weighted by atomic mass is 9.69. The zero-order valence-electron chi connectivity index (χ0n) is 8.66. The van der Waals surface area contributed by atoms with Crippen molar-refractivity contribution in [3.05, 3.63) is 18.2 Å². The average Bonchev–Trinajstić information content (AvgIpc) is 2.52. The molecule has 0 amide bonds. The van der Waals surface area contributed by atoms with Gasteiger partial charge in [-0.05, 0) is 6.42 Å². The molecule has 0 spiro atoms. The summed E-state index contributed by atoms with van der Waals surface area (Å²) in [5.74, 6) is 1.19. The van der Waals surface area contributed by atoms with Crippen LogP contribution in [0.5, 0.6) is 0 Å². The minimum atomic E-state index is 1.08. The largest absolute Gasteiger partial charge is 0.338 e. The van der Waals surface area contributed by atoms with E-state index >= 15 is 0 Å². The first-order chi connectivity index (χ1) is 6.34. The van der Waals surface area contributed by atoms with E-state index in [4.69, 9.17) is 0 Å². The number of aryl methyl sites for hydroxylation is 2. The van der Waals surface area contributed by atoms with Crippen LogP contribution in [0.25, 0.3) is 0 Å². The molecule has 1 rings (SSSR count). The maximum Gasteiger partial charge on any atom is 0.110 e. The van der Waals surface area contributed by atoms with Crippen LogP contribution in [0.4, 0.5) is 0 Å². The third-order valence-corrected chi connectivity index (χ3v) is 2.25. The van der Waals surface area contributed by atoms with Crippen molar-refractivity contribution in [2.24, 2.45) is 7.05 Å². The third kappa shape index (κ3) is 3.66. The van der Waals surface area contributed by atoms with Crippen LogP contribution >= 0.6 is 0 Å². The van der Waals surface area contributed by atoms with Gasteiger partial charge < -0.3 is 4.57 Å². The number of unbranched alkanes of at least 4 members (excludes halogenated alkanes) is 1. The first-order valence-electron chi connectivity index (χ1n) is 5.12. The van der Waals surface area contributed by atoms with Crippen LogP contribution in [0.2, 0.25) is 12.6 Å². The van der Waals surface area contributed by atoms with Crippen LogP contribution in [0.1, 0.15) is 25.6 Å². The Labute approximate surface area is 81.6 Å². The Bertz CT molecular complexity index is 233. The van der Waals surface area contributed by atoms with Crippen molar-refractivity contribution < 1.29 is 0 Å². The Kier molecular flexibility index (Phi) is 4.65. The van der Waals surface area contributed by atoms with E-state index in [2.05, 4.69) is 23.8 Å². The molecule has 0 atom stereocenters. The van der Waals surface area contributed by atoms with Crippen molar-refractivity contribution in [3.8, 4) is 0 Å². The van der Waals surface area contributed by atoms with Crippen LogP contribution < -0.4 is 0 Å². The SMILES string of the molecule is CCCC[B]CCc1nccn1C. The Morgan fingerprint density at radius 2 is 2.31 bits per heavy atom. The van der Waals surface area contributed by atoms with Crippen LogP contribution in [0, 0.1) is 0 Å². The van der Waals surface area contributed by atoms with E-state index in [9.17, 15) is 0 Å². The summed E-state index contributed by atoms with van der Waals surface area (Å²) < 4.78 is 2.09. The van der Waals surface area contributed by atoms with Gasteiger partial charge in [-0.25, -0.2) is 4.98 Å². The van der Waals surface area contributed by atoms with Gasteiger partial charge in [0.2, 0.25) is 0 Å². The zero-order chi connectivity index (χ0) is 9.52. The van der Waals surface area contributed by atoms with Crippen LogP contribution in [-0.2, 0) is 13.5 Å². The summed E-state index contributed by atoms with van der Waals surface area (Å²) in [7, 11) is 4.42. The fourth-order valence-electron chi connectivity index (χ4n) is 1.36. The summed E-state index contributed by atoms with van der Waals surface area (Å²) in [4.78, 5) is 4.28. The van der Waals surface area contributed by atoms with Crippen molar-refractivity contribution in [3.63, 3.8) is 0 Å². The minimum Gasteiger partial charge on any atom is -0.338 e. The smallest absolute Gasteiger partial charge is 0.110 e. The monoisotopic (exact) mass is 177 g/mol. The van der Waals surface area contributed by atoms with Gasteiger partial charge in [-0.3, -0.25) is 0 Å². The Morgan fingerprint density at radius 3 is 2.92 bits per heavy atom. The van der Waals surface area contributed by atoms with Gasteiger partial charge in [0.25, 0.3) is 0 Å². The second-order valence-electron chi connectivity index (χ2n) is 3.42. The summed E-state index contributed by atoms with van der Waals surface area (Å²) >= 11 is 0. The van der Waals surface area contributed by atoms with Crippen LogP contribution in [0.3, 0.4) is 0 Å². The lowest BCUT2D eigenvalue weighted by Crippen LogP contribution is -1.99. The highest BCUT2D eigenvalue weighted by Crippen LogP contribution is 2.02. The number of imidazole rings is 1. The van der Waals surface area contributed by atoms with Crippen molar-refractivity contribution >= 4 is 7.28 Å². The molecule has 1 radical (unpaired) electrons. The molecule has 1 aromatic rings. The summed E-state index contributed by atoms with van der Waals surface area (Å²) in [5.41, 5.74) is 0. The highest BCUT2D eigenvalue weighted by Gasteiger charge is 1.98. The van der Waals surface area contributed by atoms with Crippen LogP contribution in [0.15, 0.2) is 12.4 Å². The normalized spacial score (nSPS) is 10.3. The first kappa shape index (κ1) is 10.4. The fraction of sp³-hybridized carbons (Fsp3) is 0.700. The van der Waals surface area contributed by atoms with E-state index < -0.39 is 0 Å². The Balaban J connectivity index is 2.10. The molecule has 1 aromatic heterocycles. The molecule has 0 unspecified atom stereocenters. The molecular formula is C10H18BN2. The molecule has 0 aliphatic carbocycles. The Hall–Kier alpha value is -0.725. The molecule has 0 aliphatic heterocycles. The van der Waals surface area contributed by atoms with Crippen LogP contribution in [-0.4, -0.2) is 16.8 Å². The lowest BCUT2D eigenvalue weighted by molar-refractivity contribution is 0.802. The molecule has 0 N–H and O–H groups in total. The van der Waals surface area contributed by atoms with Gasteiger partial charge in [-0.1, -0.05) is 32.4 Å². The predicted molar refractivity (Wildman–Crippen MR) is 57.2 cm³/mol. The predicted octanol–water partition coefficient (Wildman–Crippen LogP) is 2.30. The molecule has 0 saturated carbocycles. The first-order valence-corrected chi connectivity index (χ1v) is 5.12. The molecule has 3 heteroatoms. The highest BCUT2D eigenvalue weighted by molar-refractivity contribution is 6.35. The number of rotatable bonds is 6. The van der Waals surface area contributed by atoms with Crippen molar-refractivity contribution in [2.45, 2.75) is 38.8 Å². The van der Waals surface area contributed by atoms with Gasteiger partial charge in [0.05, 0.1) is 0 Å². The van der Waals surface area contributed by atoms with Gasteiger partial charge in [0.15, 0.2) is 0 Å². The van der Waals surface area contributed by atoms with Gasteiger partial charge in [0.1, 0.15) is 13.1 Å². The van der Waals surface area contributed by atoms with Crippen molar-refractivity contribution in [1.82, 2.24) is 9.55 Å². The summed E-state index contributed by atoms with van der Waals surface area (Å²) in [5, 5.41) is 0. The van der Waals surface area contributed by atoms with E-state index in [-0.39, 0.29) is 0 Å². The maximum atomic E-state index is 4.28. The number of hydrogen-bond donors (Lipinski definition) is 0. The highest BCUT2D eigenvalue weighted by atomic mass is 15.0. The van der Waals surface area contributed by atoms with Gasteiger partial charge >= 0.3 is 0 Å². The number of aromatic nitrogens is 2. The molecule has 1 heterocycles. The molecule has 2 nitrogen and oxygen atoms in total. The fourth-order valence-corrected chi connectivity index (χ4v) is 1.36. The van der Waals surface area contributed by atoms with Gasteiger partial charge in [0, 0.05) is 19.4 Å². The molecule has 0 fully saturated rings. The average molecular weight is 177 g/mol. The quantitative estimate of drug-likeness (QED) is 0.481. The molecule has 71 valence electrons. The second-order valence-corrected chi connectivity index (χ2v) is 3.42.